The molecule has 0 bridgehead atoms. The summed E-state index contributed by atoms with van der Waals surface area (Å²) in [5.41, 5.74) is 4.08. The Labute approximate surface area is 192 Å². The normalized spacial score (nSPS) is 12.9. The molecule has 1 aliphatic rings. The summed E-state index contributed by atoms with van der Waals surface area (Å²) < 4.78 is 11.3. The Morgan fingerprint density at radius 3 is 2.72 bits per heavy atom. The van der Waals surface area contributed by atoms with E-state index in [9.17, 15) is 4.79 Å². The van der Waals surface area contributed by atoms with E-state index in [4.69, 9.17) is 21.1 Å². The number of hydrogen-bond acceptors (Lipinski definition) is 5. The first-order chi connectivity index (χ1) is 15.7. The number of nitrogens with zero attached hydrogens (tertiary/aromatic N) is 2. The maximum atomic E-state index is 12.2. The third-order valence-corrected chi connectivity index (χ3v) is 5.17. The van der Waals surface area contributed by atoms with Crippen molar-refractivity contribution in [2.45, 2.75) is 13.5 Å². The van der Waals surface area contributed by atoms with E-state index in [1.807, 2.05) is 71.6 Å². The lowest BCUT2D eigenvalue weighted by atomic mass is 10.1. The van der Waals surface area contributed by atoms with Gasteiger partial charge in [0, 0.05) is 16.3 Å². The number of aliphatic imine (C=N–C) groups is 1. The summed E-state index contributed by atoms with van der Waals surface area (Å²) in [4.78, 5) is 18.5. The number of rotatable bonds is 7. The molecule has 6 heteroatoms. The first-order valence-corrected chi connectivity index (χ1v) is 10.8. The predicted octanol–water partition coefficient (Wildman–Crippen LogP) is 5.99. The lowest BCUT2D eigenvalue weighted by molar-refractivity contribution is 0.0526. The molecule has 3 aromatic carbocycles. The number of carbonyl (C=O) groups excluding carboxylic acids is 1. The van der Waals surface area contributed by atoms with Crippen LogP contribution in [0.25, 0.3) is 5.70 Å². The summed E-state index contributed by atoms with van der Waals surface area (Å²) in [5.74, 6) is 0.356. The lowest BCUT2D eigenvalue weighted by Crippen LogP contribution is -2.23. The van der Waals surface area contributed by atoms with E-state index in [0.717, 1.165) is 22.5 Å². The molecule has 5 nitrogen and oxygen atoms in total. The molecule has 3 aromatic rings. The van der Waals surface area contributed by atoms with Gasteiger partial charge in [0.25, 0.3) is 0 Å². The van der Waals surface area contributed by atoms with Gasteiger partial charge in [-0.1, -0.05) is 48.0 Å². The van der Waals surface area contributed by atoms with Gasteiger partial charge in [-0.2, -0.15) is 0 Å². The van der Waals surface area contributed by atoms with E-state index < -0.39 is 0 Å². The van der Waals surface area contributed by atoms with Crippen LogP contribution in [0.15, 0.2) is 83.9 Å². The van der Waals surface area contributed by atoms with Crippen molar-refractivity contribution in [3.05, 3.63) is 101 Å². The van der Waals surface area contributed by atoms with E-state index in [1.54, 1.807) is 25.4 Å². The van der Waals surface area contributed by atoms with Crippen LogP contribution in [-0.2, 0) is 11.3 Å². The average molecular weight is 447 g/mol. The highest BCUT2D eigenvalue weighted by Crippen LogP contribution is 2.35. The Kier molecular flexibility index (Phi) is 6.87. The van der Waals surface area contributed by atoms with Crippen LogP contribution in [0.5, 0.6) is 5.75 Å². The van der Waals surface area contributed by atoms with Crippen molar-refractivity contribution in [3.63, 3.8) is 0 Å². The van der Waals surface area contributed by atoms with Crippen LogP contribution in [0, 0.1) is 0 Å². The zero-order chi connectivity index (χ0) is 22.3. The highest BCUT2D eigenvalue weighted by molar-refractivity contribution is 6.30. The molecular formula is C26H23ClN2O3. The van der Waals surface area contributed by atoms with E-state index in [-0.39, 0.29) is 5.97 Å². The highest BCUT2D eigenvalue weighted by Gasteiger charge is 2.20. The van der Waals surface area contributed by atoms with Crippen molar-refractivity contribution in [2.75, 3.05) is 18.1 Å². The van der Waals surface area contributed by atoms with Gasteiger partial charge >= 0.3 is 5.97 Å². The van der Waals surface area contributed by atoms with Gasteiger partial charge in [-0.3, -0.25) is 4.99 Å². The SMILES string of the molecule is CCOC(=O)c1cccc(N2C=NCC=C2c2cc(Cl)ccc2OCc2ccccc2)c1. The summed E-state index contributed by atoms with van der Waals surface area (Å²) in [6, 6.07) is 22.8. The molecule has 0 saturated carbocycles. The summed E-state index contributed by atoms with van der Waals surface area (Å²) in [5, 5.41) is 0.607. The van der Waals surface area contributed by atoms with Gasteiger partial charge in [0.2, 0.25) is 0 Å². The molecular weight excluding hydrogens is 424 g/mol. The quantitative estimate of drug-likeness (QED) is 0.418. The fourth-order valence-electron chi connectivity index (χ4n) is 3.43. The Morgan fingerprint density at radius 2 is 1.91 bits per heavy atom. The van der Waals surface area contributed by atoms with Crippen LogP contribution in [0.3, 0.4) is 0 Å². The standard InChI is InChI=1S/C26H23ClN2O3/c1-2-31-26(30)20-9-6-10-22(15-20)29-18-28-14-13-24(29)23-16-21(27)11-12-25(23)32-17-19-7-4-3-5-8-19/h3-13,15-16,18H,2,14,17H2,1H3. The Bertz CT molecular complexity index is 1160. The monoisotopic (exact) mass is 446 g/mol. The maximum Gasteiger partial charge on any atom is 0.338 e. The molecule has 32 heavy (non-hydrogen) atoms. The molecule has 4 rings (SSSR count). The Hall–Kier alpha value is -3.57. The molecule has 1 heterocycles. The molecule has 0 radical (unpaired) electrons. The van der Waals surface area contributed by atoms with E-state index in [0.29, 0.717) is 36.1 Å². The molecule has 0 atom stereocenters. The molecule has 0 aromatic heterocycles. The van der Waals surface area contributed by atoms with Crippen LogP contribution in [-0.4, -0.2) is 25.5 Å². The molecule has 0 saturated heterocycles. The number of carbonyl (C=O) groups is 1. The van der Waals surface area contributed by atoms with Crippen LogP contribution in [0.1, 0.15) is 28.4 Å². The Balaban J connectivity index is 1.66. The summed E-state index contributed by atoms with van der Waals surface area (Å²) in [6.45, 7) is 3.09. The van der Waals surface area contributed by atoms with Gasteiger partial charge in [-0.25, -0.2) is 4.79 Å². The summed E-state index contributed by atoms with van der Waals surface area (Å²) in [6.07, 6.45) is 3.76. The van der Waals surface area contributed by atoms with Gasteiger partial charge in [0.05, 0.1) is 30.8 Å². The summed E-state index contributed by atoms with van der Waals surface area (Å²) in [7, 11) is 0. The zero-order valence-electron chi connectivity index (χ0n) is 17.7. The molecule has 1 aliphatic heterocycles. The highest BCUT2D eigenvalue weighted by atomic mass is 35.5. The molecule has 0 fully saturated rings. The van der Waals surface area contributed by atoms with Gasteiger partial charge < -0.3 is 14.4 Å². The summed E-state index contributed by atoms with van der Waals surface area (Å²) >= 11 is 6.35. The number of benzene rings is 3. The number of esters is 1. The van der Waals surface area contributed by atoms with E-state index >= 15 is 0 Å². The van der Waals surface area contributed by atoms with E-state index in [1.165, 1.54) is 0 Å². The minimum Gasteiger partial charge on any atom is -0.488 e. The number of hydrogen-bond donors (Lipinski definition) is 0. The Morgan fingerprint density at radius 1 is 1.06 bits per heavy atom. The second-order valence-electron chi connectivity index (χ2n) is 7.13. The third-order valence-electron chi connectivity index (χ3n) is 4.94. The van der Waals surface area contributed by atoms with Crippen LogP contribution < -0.4 is 9.64 Å². The second kappa shape index (κ2) is 10.2. The van der Waals surface area contributed by atoms with Gasteiger partial charge in [0.15, 0.2) is 0 Å². The molecule has 0 amide bonds. The fraction of sp³-hybridized carbons (Fsp3) is 0.154. The van der Waals surface area contributed by atoms with Crippen LogP contribution in [0.4, 0.5) is 5.69 Å². The number of ether oxygens (including phenoxy) is 2. The topological polar surface area (TPSA) is 51.1 Å². The number of halogens is 1. The van der Waals surface area contributed by atoms with Crippen molar-refractivity contribution in [1.29, 1.82) is 0 Å². The van der Waals surface area contributed by atoms with Crippen molar-refractivity contribution in [1.82, 2.24) is 0 Å². The molecule has 162 valence electrons. The minimum atomic E-state index is -0.358. The first kappa shape index (κ1) is 21.7. The maximum absolute atomic E-state index is 12.2. The van der Waals surface area contributed by atoms with Crippen LogP contribution >= 0.6 is 11.6 Å². The lowest BCUT2D eigenvalue weighted by Gasteiger charge is -2.27. The smallest absolute Gasteiger partial charge is 0.338 e. The van der Waals surface area contributed by atoms with Crippen LogP contribution in [0.2, 0.25) is 5.02 Å². The van der Waals surface area contributed by atoms with Crippen molar-refractivity contribution < 1.29 is 14.3 Å². The molecule has 0 unspecified atom stereocenters. The molecule has 0 spiro atoms. The number of anilines is 1. The zero-order valence-corrected chi connectivity index (χ0v) is 18.5. The fourth-order valence-corrected chi connectivity index (χ4v) is 3.61. The van der Waals surface area contributed by atoms with Gasteiger partial charge in [0.1, 0.15) is 12.4 Å². The van der Waals surface area contributed by atoms with Crippen molar-refractivity contribution in [3.8, 4) is 5.75 Å². The molecule has 0 aliphatic carbocycles. The molecule has 0 N–H and O–H groups in total. The largest absolute Gasteiger partial charge is 0.488 e. The van der Waals surface area contributed by atoms with Gasteiger partial charge in [-0.05, 0) is 55.0 Å². The average Bonchev–Trinajstić information content (AvgIpc) is 2.84. The predicted molar refractivity (Wildman–Crippen MR) is 128 cm³/mol. The second-order valence-corrected chi connectivity index (χ2v) is 7.56. The van der Waals surface area contributed by atoms with E-state index in [2.05, 4.69) is 4.99 Å². The first-order valence-electron chi connectivity index (χ1n) is 10.4. The third kappa shape index (κ3) is 5.01. The van der Waals surface area contributed by atoms with Crippen molar-refractivity contribution in [2.24, 2.45) is 4.99 Å². The minimum absolute atomic E-state index is 0.323. The van der Waals surface area contributed by atoms with Crippen molar-refractivity contribution >= 4 is 35.3 Å². The van der Waals surface area contributed by atoms with Gasteiger partial charge in [-0.15, -0.1) is 0 Å².